The predicted octanol–water partition coefficient (Wildman–Crippen LogP) is 6.33. The van der Waals surface area contributed by atoms with Gasteiger partial charge in [0.1, 0.15) is 6.61 Å². The van der Waals surface area contributed by atoms with Crippen LogP contribution in [-0.4, -0.2) is 39.1 Å². The Bertz CT molecular complexity index is 1260. The molecule has 7 nitrogen and oxygen atoms in total. The molecule has 4 rings (SSSR count). The number of tetrazole rings is 1. The Labute approximate surface area is 228 Å². The van der Waals surface area contributed by atoms with Crippen molar-refractivity contribution < 1.29 is 9.47 Å². The Balaban J connectivity index is 1.27. The molecule has 3 aromatic carbocycles. The molecule has 0 fully saturated rings. The Hall–Kier alpha value is -2.59. The normalized spacial score (nSPS) is 11.0. The molecule has 0 radical (unpaired) electrons. The number of rotatable bonds is 13. The SMILES string of the molecule is CCOc1cc(CNCCCSc2nnnn2-c2ccccc2)c(Br)cc1OCc1ccccc1Cl. The molecule has 4 aromatic rings. The fraction of sp³-hybridized carbons (Fsp3) is 0.269. The monoisotopic (exact) mass is 587 g/mol. The van der Waals surface area contributed by atoms with Crippen LogP contribution in [-0.2, 0) is 13.2 Å². The zero-order valence-corrected chi connectivity index (χ0v) is 23.0. The van der Waals surface area contributed by atoms with E-state index in [9.17, 15) is 0 Å². The van der Waals surface area contributed by atoms with E-state index in [0.29, 0.717) is 36.3 Å². The van der Waals surface area contributed by atoms with Crippen LogP contribution >= 0.6 is 39.3 Å². The molecule has 188 valence electrons. The minimum atomic E-state index is 0.370. The van der Waals surface area contributed by atoms with Crippen LogP contribution in [0.15, 0.2) is 76.4 Å². The lowest BCUT2D eigenvalue weighted by Gasteiger charge is -2.16. The van der Waals surface area contributed by atoms with Crippen molar-refractivity contribution in [3.05, 3.63) is 87.4 Å². The number of nitrogens with zero attached hydrogens (tertiary/aromatic N) is 4. The molecule has 10 heteroatoms. The molecule has 0 saturated carbocycles. The molecule has 0 aliphatic carbocycles. The van der Waals surface area contributed by atoms with Crippen LogP contribution in [0.4, 0.5) is 0 Å². The maximum atomic E-state index is 6.26. The van der Waals surface area contributed by atoms with Crippen molar-refractivity contribution in [2.45, 2.75) is 31.7 Å². The number of para-hydroxylation sites is 1. The van der Waals surface area contributed by atoms with Crippen LogP contribution in [0.2, 0.25) is 5.02 Å². The third-order valence-electron chi connectivity index (χ3n) is 5.24. The van der Waals surface area contributed by atoms with Crippen LogP contribution in [0.3, 0.4) is 0 Å². The average Bonchev–Trinajstić information content (AvgIpc) is 3.37. The second kappa shape index (κ2) is 13.6. The lowest BCUT2D eigenvalue weighted by Crippen LogP contribution is -2.16. The van der Waals surface area contributed by atoms with Crippen molar-refractivity contribution in [1.82, 2.24) is 25.5 Å². The Morgan fingerprint density at radius 1 is 1.00 bits per heavy atom. The summed E-state index contributed by atoms with van der Waals surface area (Å²) >= 11 is 11.6. The summed E-state index contributed by atoms with van der Waals surface area (Å²) in [4.78, 5) is 0. The lowest BCUT2D eigenvalue weighted by atomic mass is 10.2. The summed E-state index contributed by atoms with van der Waals surface area (Å²) < 4.78 is 14.6. The fourth-order valence-electron chi connectivity index (χ4n) is 3.45. The van der Waals surface area contributed by atoms with E-state index in [1.54, 1.807) is 16.4 Å². The largest absolute Gasteiger partial charge is 0.490 e. The number of hydrogen-bond acceptors (Lipinski definition) is 7. The first kappa shape index (κ1) is 26.5. The highest BCUT2D eigenvalue weighted by Crippen LogP contribution is 2.35. The van der Waals surface area contributed by atoms with E-state index in [2.05, 4.69) is 36.8 Å². The van der Waals surface area contributed by atoms with Gasteiger partial charge in [0.05, 0.1) is 12.3 Å². The number of aromatic nitrogens is 4. The van der Waals surface area contributed by atoms with Crippen LogP contribution < -0.4 is 14.8 Å². The summed E-state index contributed by atoms with van der Waals surface area (Å²) in [6.45, 7) is 4.45. The van der Waals surface area contributed by atoms with Gasteiger partial charge in [0.25, 0.3) is 0 Å². The molecular weight excluding hydrogens is 562 g/mol. The quantitative estimate of drug-likeness (QED) is 0.145. The topological polar surface area (TPSA) is 74.1 Å². The Kier molecular flexibility index (Phi) is 10.0. The smallest absolute Gasteiger partial charge is 0.214 e. The zero-order valence-electron chi connectivity index (χ0n) is 19.9. The van der Waals surface area contributed by atoms with Gasteiger partial charge < -0.3 is 14.8 Å². The highest BCUT2D eigenvalue weighted by atomic mass is 79.9. The van der Waals surface area contributed by atoms with Crippen molar-refractivity contribution in [3.63, 3.8) is 0 Å². The first-order valence-corrected chi connectivity index (χ1v) is 13.8. The lowest BCUT2D eigenvalue weighted by molar-refractivity contribution is 0.269. The fourth-order valence-corrected chi connectivity index (χ4v) is 4.93. The summed E-state index contributed by atoms with van der Waals surface area (Å²) in [6, 6.07) is 21.5. The third-order valence-corrected chi connectivity index (χ3v) is 7.35. The molecular formula is C26H27BrClN5O2S. The van der Waals surface area contributed by atoms with E-state index < -0.39 is 0 Å². The standard InChI is InChI=1S/C26H27BrClN5O2S/c1-2-34-24-15-20(22(27)16-25(24)35-18-19-9-6-7-12-23(19)28)17-29-13-8-14-36-26-30-31-32-33(26)21-10-4-3-5-11-21/h3-7,9-12,15-16,29H,2,8,13-14,17-18H2,1H3. The molecule has 1 heterocycles. The summed E-state index contributed by atoms with van der Waals surface area (Å²) in [6.07, 6.45) is 0.973. The molecule has 1 aromatic heterocycles. The average molecular weight is 589 g/mol. The van der Waals surface area contributed by atoms with Crippen LogP contribution in [0, 0.1) is 0 Å². The number of halogens is 2. The maximum Gasteiger partial charge on any atom is 0.214 e. The Morgan fingerprint density at radius 3 is 2.58 bits per heavy atom. The van der Waals surface area contributed by atoms with Crippen molar-refractivity contribution in [3.8, 4) is 17.2 Å². The molecule has 0 aliphatic heterocycles. The highest BCUT2D eigenvalue weighted by molar-refractivity contribution is 9.10. The first-order chi connectivity index (χ1) is 17.7. The van der Waals surface area contributed by atoms with Crippen molar-refractivity contribution in [2.75, 3.05) is 18.9 Å². The van der Waals surface area contributed by atoms with E-state index in [0.717, 1.165) is 45.2 Å². The highest BCUT2D eigenvalue weighted by Gasteiger charge is 2.12. The molecule has 0 spiro atoms. The van der Waals surface area contributed by atoms with Gasteiger partial charge in [-0.2, -0.15) is 4.68 Å². The molecule has 0 saturated heterocycles. The number of hydrogen-bond donors (Lipinski definition) is 1. The summed E-state index contributed by atoms with van der Waals surface area (Å²) in [5.74, 6) is 2.30. The van der Waals surface area contributed by atoms with E-state index in [1.165, 1.54) is 0 Å². The van der Waals surface area contributed by atoms with Gasteiger partial charge in [0.2, 0.25) is 5.16 Å². The van der Waals surface area contributed by atoms with Gasteiger partial charge in [-0.15, -0.1) is 5.10 Å². The van der Waals surface area contributed by atoms with Gasteiger partial charge in [0.15, 0.2) is 11.5 Å². The molecule has 0 bridgehead atoms. The van der Waals surface area contributed by atoms with Gasteiger partial charge >= 0.3 is 0 Å². The van der Waals surface area contributed by atoms with E-state index in [1.807, 2.05) is 73.7 Å². The van der Waals surface area contributed by atoms with Gasteiger partial charge in [-0.1, -0.05) is 75.7 Å². The van der Waals surface area contributed by atoms with Crippen LogP contribution in [0.25, 0.3) is 5.69 Å². The van der Waals surface area contributed by atoms with Crippen molar-refractivity contribution in [2.24, 2.45) is 0 Å². The molecule has 0 aliphatic rings. The maximum absolute atomic E-state index is 6.26. The minimum Gasteiger partial charge on any atom is -0.490 e. The molecule has 36 heavy (non-hydrogen) atoms. The van der Waals surface area contributed by atoms with E-state index in [4.69, 9.17) is 21.1 Å². The summed E-state index contributed by atoms with van der Waals surface area (Å²) in [7, 11) is 0. The van der Waals surface area contributed by atoms with Crippen molar-refractivity contribution in [1.29, 1.82) is 0 Å². The Morgan fingerprint density at radius 2 is 1.78 bits per heavy atom. The second-order valence-corrected chi connectivity index (χ2v) is 10.1. The van der Waals surface area contributed by atoms with Gasteiger partial charge in [-0.25, -0.2) is 0 Å². The molecule has 0 atom stereocenters. The van der Waals surface area contributed by atoms with Crippen LogP contribution in [0.5, 0.6) is 11.5 Å². The zero-order chi connectivity index (χ0) is 25.2. The molecule has 0 unspecified atom stereocenters. The minimum absolute atomic E-state index is 0.370. The second-order valence-electron chi connectivity index (χ2n) is 7.79. The summed E-state index contributed by atoms with van der Waals surface area (Å²) in [5.41, 5.74) is 2.99. The number of benzene rings is 3. The van der Waals surface area contributed by atoms with E-state index >= 15 is 0 Å². The number of nitrogens with one attached hydrogen (secondary N) is 1. The van der Waals surface area contributed by atoms with Gasteiger partial charge in [-0.3, -0.25) is 0 Å². The number of ether oxygens (including phenoxy) is 2. The van der Waals surface area contributed by atoms with Crippen LogP contribution in [0.1, 0.15) is 24.5 Å². The first-order valence-electron chi connectivity index (χ1n) is 11.6. The molecule has 1 N–H and O–H groups in total. The van der Waals surface area contributed by atoms with Crippen molar-refractivity contribution >= 4 is 39.3 Å². The number of thioether (sulfide) groups is 1. The third kappa shape index (κ3) is 7.22. The molecule has 0 amide bonds. The van der Waals surface area contributed by atoms with E-state index in [-0.39, 0.29) is 0 Å². The van der Waals surface area contributed by atoms with Gasteiger partial charge in [-0.05, 0) is 66.2 Å². The summed E-state index contributed by atoms with van der Waals surface area (Å²) in [5, 5.41) is 17.1. The predicted molar refractivity (Wildman–Crippen MR) is 147 cm³/mol. The van der Waals surface area contributed by atoms with Gasteiger partial charge in [0, 0.05) is 27.4 Å².